The Labute approximate surface area is 272 Å². The zero-order valence-electron chi connectivity index (χ0n) is 26.3. The minimum atomic E-state index is -1.01. The lowest BCUT2D eigenvalue weighted by molar-refractivity contribution is -0.123. The number of carbonyl (C=O) groups excluding carboxylic acids is 1. The number of nitrogens with zero attached hydrogens (tertiary/aromatic N) is 2. The van der Waals surface area contributed by atoms with Crippen LogP contribution in [0.15, 0.2) is 175 Å². The molecule has 0 atom stereocenters. The second-order valence-electron chi connectivity index (χ2n) is 11.8. The van der Waals surface area contributed by atoms with E-state index in [9.17, 15) is 4.79 Å². The van der Waals surface area contributed by atoms with Crippen LogP contribution in [-0.4, -0.2) is 11.6 Å². The first-order valence-corrected chi connectivity index (χ1v) is 15.7. The molecule has 0 saturated heterocycles. The van der Waals surface area contributed by atoms with Crippen molar-refractivity contribution in [3.05, 3.63) is 198 Å². The van der Waals surface area contributed by atoms with Crippen molar-refractivity contribution in [3.63, 3.8) is 0 Å². The summed E-state index contributed by atoms with van der Waals surface area (Å²) in [6.45, 7) is 4.34. The lowest BCUT2D eigenvalue weighted by Crippen LogP contribution is -2.41. The van der Waals surface area contributed by atoms with Crippen molar-refractivity contribution < 1.29 is 9.63 Å². The molecule has 1 amide bonds. The molecule has 0 unspecified atom stereocenters. The zero-order valence-corrected chi connectivity index (χ0v) is 26.3. The van der Waals surface area contributed by atoms with Crippen LogP contribution in [0.5, 0.6) is 0 Å². The van der Waals surface area contributed by atoms with Crippen molar-refractivity contribution in [2.24, 2.45) is 10.6 Å². The summed E-state index contributed by atoms with van der Waals surface area (Å²) in [7, 11) is 0. The number of benzene rings is 5. The van der Waals surface area contributed by atoms with Gasteiger partial charge in [-0.15, -0.1) is 0 Å². The summed E-state index contributed by atoms with van der Waals surface area (Å²) in [5.74, 6) is -0.00285. The number of carbonyl (C=O) groups is 1. The van der Waals surface area contributed by atoms with Crippen molar-refractivity contribution in [1.82, 2.24) is 0 Å². The Morgan fingerprint density at radius 1 is 0.696 bits per heavy atom. The maximum Gasteiger partial charge on any atom is 0.240 e. The van der Waals surface area contributed by atoms with E-state index in [1.165, 1.54) is 0 Å². The third-order valence-corrected chi connectivity index (χ3v) is 8.53. The van der Waals surface area contributed by atoms with Gasteiger partial charge >= 0.3 is 0 Å². The lowest BCUT2D eigenvalue weighted by atomic mass is 9.80. The standard InChI is InChI=1S/C42H38N2O2/c1-33(43-46-42(35-22-10-4-11-23-35,36-24-12-5-13-25-36)37-26-14-6-15-27-37)38-28-16-17-29-39(38)44(32-34-20-8-3-9-21-34)40(45)41(2)30-18-7-19-31-41/h3-6,8-31H,7,32H2,1-2H3/b43-33+. The van der Waals surface area contributed by atoms with Crippen LogP contribution in [0.1, 0.15) is 48.1 Å². The average molecular weight is 603 g/mol. The Hall–Kier alpha value is -5.48. The zero-order chi connectivity index (χ0) is 31.8. The highest BCUT2D eigenvalue weighted by atomic mass is 16.6. The van der Waals surface area contributed by atoms with Gasteiger partial charge in [-0.3, -0.25) is 4.79 Å². The molecule has 4 nitrogen and oxygen atoms in total. The summed E-state index contributed by atoms with van der Waals surface area (Å²) in [6.07, 6.45) is 8.96. The molecule has 0 spiro atoms. The first-order chi connectivity index (χ1) is 22.5. The Morgan fingerprint density at radius 3 is 1.67 bits per heavy atom. The molecular weight excluding hydrogens is 564 g/mol. The third-order valence-electron chi connectivity index (χ3n) is 8.53. The maximum absolute atomic E-state index is 14.4. The van der Waals surface area contributed by atoms with E-state index in [1.807, 2.05) is 128 Å². The summed E-state index contributed by atoms with van der Waals surface area (Å²) in [6, 6.07) is 48.6. The van der Waals surface area contributed by atoms with Gasteiger partial charge < -0.3 is 9.74 Å². The SMILES string of the molecule is C/C(=N\OC(c1ccccc1)(c1ccccc1)c1ccccc1)c1ccccc1N(Cc1ccccc1)C(=O)C1(C)C=CCC=C1. The van der Waals surface area contributed by atoms with Gasteiger partial charge in [0.2, 0.25) is 11.5 Å². The molecule has 46 heavy (non-hydrogen) atoms. The molecule has 5 aromatic rings. The number of allylic oxidation sites excluding steroid dienone is 2. The van der Waals surface area contributed by atoms with Crippen LogP contribution in [-0.2, 0) is 21.8 Å². The number of hydrogen-bond acceptors (Lipinski definition) is 3. The summed E-state index contributed by atoms with van der Waals surface area (Å²) >= 11 is 0. The molecule has 228 valence electrons. The van der Waals surface area contributed by atoms with Crippen LogP contribution >= 0.6 is 0 Å². The quantitative estimate of drug-likeness (QED) is 0.0692. The normalized spacial score (nSPS) is 14.1. The number of oxime groups is 1. The predicted octanol–water partition coefficient (Wildman–Crippen LogP) is 9.47. The molecule has 0 aliphatic heterocycles. The van der Waals surface area contributed by atoms with Crippen molar-refractivity contribution in [2.75, 3.05) is 4.90 Å². The average Bonchev–Trinajstić information content (AvgIpc) is 3.12. The molecule has 0 N–H and O–H groups in total. The predicted molar refractivity (Wildman–Crippen MR) is 188 cm³/mol. The van der Waals surface area contributed by atoms with E-state index >= 15 is 0 Å². The van der Waals surface area contributed by atoms with Crippen LogP contribution < -0.4 is 4.90 Å². The molecule has 6 rings (SSSR count). The third kappa shape index (κ3) is 6.20. The summed E-state index contributed by atoms with van der Waals surface area (Å²) in [5.41, 5.74) is 4.41. The number of rotatable bonds is 10. The fourth-order valence-electron chi connectivity index (χ4n) is 6.10. The van der Waals surface area contributed by atoms with Gasteiger partial charge in [0.15, 0.2) is 0 Å². The van der Waals surface area contributed by atoms with Gasteiger partial charge in [-0.25, -0.2) is 0 Å². The Morgan fingerprint density at radius 2 is 1.15 bits per heavy atom. The minimum absolute atomic E-state index is 0.00285. The molecule has 0 fully saturated rings. The van der Waals surface area contributed by atoms with Crippen molar-refractivity contribution in [1.29, 1.82) is 0 Å². The maximum atomic E-state index is 14.4. The summed E-state index contributed by atoms with van der Waals surface area (Å²) in [4.78, 5) is 23.1. The summed E-state index contributed by atoms with van der Waals surface area (Å²) < 4.78 is 0. The van der Waals surface area contributed by atoms with E-state index in [1.54, 1.807) is 0 Å². The van der Waals surface area contributed by atoms with E-state index in [0.717, 1.165) is 39.9 Å². The molecule has 0 bridgehead atoms. The Balaban J connectivity index is 1.46. The smallest absolute Gasteiger partial charge is 0.240 e. The van der Waals surface area contributed by atoms with Gasteiger partial charge in [-0.05, 0) is 31.9 Å². The molecular formula is C42H38N2O2. The fraction of sp³-hybridized carbons (Fsp3) is 0.143. The number of anilines is 1. The van der Waals surface area contributed by atoms with Gasteiger partial charge in [-0.2, -0.15) is 0 Å². The van der Waals surface area contributed by atoms with E-state index in [-0.39, 0.29) is 5.91 Å². The number of para-hydroxylation sites is 1. The molecule has 0 saturated carbocycles. The van der Waals surface area contributed by atoms with Crippen molar-refractivity contribution in [3.8, 4) is 0 Å². The Bertz CT molecular complexity index is 1740. The molecule has 0 heterocycles. The number of amides is 1. The van der Waals surface area contributed by atoms with Crippen molar-refractivity contribution >= 4 is 17.3 Å². The van der Waals surface area contributed by atoms with E-state index < -0.39 is 11.0 Å². The van der Waals surface area contributed by atoms with Crippen LogP contribution in [0.25, 0.3) is 0 Å². The molecule has 1 aliphatic rings. The second-order valence-corrected chi connectivity index (χ2v) is 11.8. The van der Waals surface area contributed by atoms with Gasteiger partial charge in [0.1, 0.15) is 0 Å². The fourth-order valence-corrected chi connectivity index (χ4v) is 6.10. The topological polar surface area (TPSA) is 41.9 Å². The van der Waals surface area contributed by atoms with Crippen LogP contribution in [0.3, 0.4) is 0 Å². The van der Waals surface area contributed by atoms with E-state index in [4.69, 9.17) is 9.99 Å². The molecule has 5 aromatic carbocycles. The largest absolute Gasteiger partial charge is 0.374 e. The van der Waals surface area contributed by atoms with Gasteiger partial charge in [0.05, 0.1) is 23.4 Å². The first-order valence-electron chi connectivity index (χ1n) is 15.7. The van der Waals surface area contributed by atoms with Gasteiger partial charge in [-0.1, -0.05) is 169 Å². The molecule has 4 heteroatoms. The highest BCUT2D eigenvalue weighted by Gasteiger charge is 2.40. The van der Waals surface area contributed by atoms with E-state index in [2.05, 4.69) is 60.7 Å². The highest BCUT2D eigenvalue weighted by molar-refractivity contribution is 6.08. The summed E-state index contributed by atoms with van der Waals surface area (Å²) in [5, 5.41) is 4.89. The van der Waals surface area contributed by atoms with Gasteiger partial charge in [0, 0.05) is 22.3 Å². The van der Waals surface area contributed by atoms with Crippen LogP contribution in [0.4, 0.5) is 5.69 Å². The van der Waals surface area contributed by atoms with Crippen LogP contribution in [0.2, 0.25) is 0 Å². The minimum Gasteiger partial charge on any atom is -0.374 e. The Kier molecular flexibility index (Phi) is 9.07. The number of hydrogen-bond donors (Lipinski definition) is 0. The van der Waals surface area contributed by atoms with E-state index in [0.29, 0.717) is 12.3 Å². The van der Waals surface area contributed by atoms with Gasteiger partial charge in [0.25, 0.3) is 0 Å². The lowest BCUT2D eigenvalue weighted by Gasteiger charge is -2.34. The molecule has 0 radical (unpaired) electrons. The molecule has 1 aliphatic carbocycles. The highest BCUT2D eigenvalue weighted by Crippen LogP contribution is 2.41. The monoisotopic (exact) mass is 602 g/mol. The molecule has 0 aromatic heterocycles. The van der Waals surface area contributed by atoms with Crippen molar-refractivity contribution in [2.45, 2.75) is 32.4 Å². The second kappa shape index (κ2) is 13.7. The first kappa shape index (κ1) is 30.5. The van der Waals surface area contributed by atoms with Crippen LogP contribution in [0, 0.1) is 5.41 Å².